The number of carbonyl (C=O) groups is 1. The fourth-order valence-corrected chi connectivity index (χ4v) is 6.24. The predicted octanol–water partition coefficient (Wildman–Crippen LogP) is 3.92. The molecular weight excluding hydrogens is 623 g/mol. The number of aromatic nitrogens is 3. The molecular formula is C29H25F5N6O4S. The highest BCUT2D eigenvalue weighted by molar-refractivity contribution is 7.89. The van der Waals surface area contributed by atoms with E-state index in [0.29, 0.717) is 16.7 Å². The molecule has 4 aromatic rings. The number of rotatable bonds is 5. The summed E-state index contributed by atoms with van der Waals surface area (Å²) in [5, 5.41) is 5.24. The maximum atomic E-state index is 15.9. The number of para-hydroxylation sites is 1. The second-order valence-electron chi connectivity index (χ2n) is 10.4. The summed E-state index contributed by atoms with van der Waals surface area (Å²) < 4.78 is 98.7. The van der Waals surface area contributed by atoms with Gasteiger partial charge in [0, 0.05) is 25.7 Å². The molecule has 0 bridgehead atoms. The number of hydrogen-bond acceptors (Lipinski definition) is 7. The number of benzene rings is 2. The highest BCUT2D eigenvalue weighted by atomic mass is 32.2. The summed E-state index contributed by atoms with van der Waals surface area (Å²) in [7, 11) is -4.50. The zero-order chi connectivity index (χ0) is 33.0. The number of amides is 1. The molecule has 0 unspecified atom stereocenters. The number of anilines is 1. The number of sulfonamides is 1. The maximum absolute atomic E-state index is 15.9. The smallest absolute Gasteiger partial charge is 0.350 e. The van der Waals surface area contributed by atoms with Gasteiger partial charge in [0.2, 0.25) is 15.9 Å². The van der Waals surface area contributed by atoms with Crippen molar-refractivity contribution in [2.75, 3.05) is 24.5 Å². The molecule has 2 N–H and O–H groups in total. The number of piperazine rings is 1. The van der Waals surface area contributed by atoms with Crippen molar-refractivity contribution in [1.29, 1.82) is 0 Å². The van der Waals surface area contributed by atoms with E-state index in [1.807, 2.05) is 0 Å². The third-order valence-electron chi connectivity index (χ3n) is 7.47. The van der Waals surface area contributed by atoms with Crippen LogP contribution in [0.4, 0.5) is 27.8 Å². The van der Waals surface area contributed by atoms with Gasteiger partial charge in [0.15, 0.2) is 11.5 Å². The summed E-state index contributed by atoms with van der Waals surface area (Å²) >= 11 is 0. The Kier molecular flexibility index (Phi) is 7.99. The highest BCUT2D eigenvalue weighted by Gasteiger charge is 2.37. The third-order valence-corrected chi connectivity index (χ3v) is 8.42. The van der Waals surface area contributed by atoms with Crippen LogP contribution in [0.15, 0.2) is 64.8 Å². The summed E-state index contributed by atoms with van der Waals surface area (Å²) in [6, 6.07) is 6.23. The van der Waals surface area contributed by atoms with Crippen LogP contribution in [0.2, 0.25) is 0 Å². The number of aryl methyl sites for hydroxylation is 1. The van der Waals surface area contributed by atoms with Crippen LogP contribution >= 0.6 is 0 Å². The van der Waals surface area contributed by atoms with Gasteiger partial charge >= 0.3 is 11.9 Å². The van der Waals surface area contributed by atoms with Gasteiger partial charge < -0.3 is 9.80 Å². The van der Waals surface area contributed by atoms with Crippen LogP contribution < -0.4 is 15.7 Å². The van der Waals surface area contributed by atoms with E-state index in [1.54, 1.807) is 11.8 Å². The summed E-state index contributed by atoms with van der Waals surface area (Å²) in [6.45, 7) is 7.04. The lowest BCUT2D eigenvalue weighted by molar-refractivity contribution is -0.137. The lowest BCUT2D eigenvalue weighted by Gasteiger charge is -2.40. The Morgan fingerprint density at radius 1 is 1.09 bits per heavy atom. The van der Waals surface area contributed by atoms with Gasteiger partial charge in [-0.1, -0.05) is 24.8 Å². The lowest BCUT2D eigenvalue weighted by Crippen LogP contribution is -2.54. The molecule has 1 aliphatic heterocycles. The number of primary sulfonamides is 1. The van der Waals surface area contributed by atoms with E-state index in [9.17, 15) is 31.2 Å². The molecule has 236 valence electrons. The first-order valence-electron chi connectivity index (χ1n) is 13.3. The average molecular weight is 649 g/mol. The highest BCUT2D eigenvalue weighted by Crippen LogP contribution is 2.40. The number of alkyl halides is 3. The number of fused-ring (bicyclic) bond motifs is 1. The molecule has 0 spiro atoms. The van der Waals surface area contributed by atoms with Gasteiger partial charge in [-0.2, -0.15) is 18.2 Å². The number of nitrogens with zero attached hydrogens (tertiary/aromatic N) is 5. The predicted molar refractivity (Wildman–Crippen MR) is 155 cm³/mol. The summed E-state index contributed by atoms with van der Waals surface area (Å²) in [6.07, 6.45) is -3.97. The molecule has 45 heavy (non-hydrogen) atoms. The van der Waals surface area contributed by atoms with Gasteiger partial charge in [-0.25, -0.2) is 36.7 Å². The fourth-order valence-electron chi connectivity index (χ4n) is 5.45. The molecule has 1 aliphatic rings. The summed E-state index contributed by atoms with van der Waals surface area (Å²) in [5.74, 6) is -3.27. The topological polar surface area (TPSA) is 131 Å². The molecule has 0 aliphatic carbocycles. The minimum Gasteiger partial charge on any atom is -0.350 e. The number of hydrogen-bond donors (Lipinski definition) is 1. The van der Waals surface area contributed by atoms with E-state index >= 15 is 8.78 Å². The molecule has 1 amide bonds. The normalized spacial score (nSPS) is 15.9. The second-order valence-corrected chi connectivity index (χ2v) is 11.9. The molecule has 2 aromatic carbocycles. The Balaban J connectivity index is 1.89. The molecule has 1 saturated heterocycles. The van der Waals surface area contributed by atoms with Crippen molar-refractivity contribution >= 4 is 32.8 Å². The van der Waals surface area contributed by atoms with Gasteiger partial charge in [0.1, 0.15) is 22.2 Å². The largest absolute Gasteiger partial charge is 0.417 e. The van der Waals surface area contributed by atoms with Gasteiger partial charge in [0.05, 0.1) is 22.2 Å². The quantitative estimate of drug-likeness (QED) is 0.256. The van der Waals surface area contributed by atoms with Crippen LogP contribution in [0.5, 0.6) is 0 Å². The van der Waals surface area contributed by atoms with Crippen LogP contribution in [0, 0.1) is 18.6 Å². The Bertz CT molecular complexity index is 2050. The molecule has 2 aromatic heterocycles. The van der Waals surface area contributed by atoms with E-state index in [0.717, 1.165) is 24.3 Å². The van der Waals surface area contributed by atoms with Crippen molar-refractivity contribution in [3.05, 3.63) is 88.4 Å². The molecule has 1 atom stereocenters. The van der Waals surface area contributed by atoms with Crippen LogP contribution in [0.25, 0.3) is 28.0 Å². The standard InChI is InChI=1S/C29H25F5N6O4S/c1-4-22(41)38-11-12-39(16(3)14-38)26-17-13-20(31)24(23-18(29(32,33)34)8-6-9-19(23)30)36-27(17)40(28(42)37-26)25-15(2)7-5-10-21(25)45(35,43)44/h4-10,13,16H,1,11-12,14H2,2-3H3,(H2,35,43,44)/t16-/m0/s1. The number of pyridine rings is 1. The molecule has 5 rings (SSSR count). The van der Waals surface area contributed by atoms with Gasteiger partial charge in [-0.15, -0.1) is 0 Å². The SMILES string of the molecule is C=CC(=O)N1CCN(c2nc(=O)n(-c3c(C)cccc3S(N)(=O)=O)c3nc(-c4c(F)cccc4C(F)(F)F)c(F)cc23)[C@@H](C)C1. The lowest BCUT2D eigenvalue weighted by atomic mass is 10.0. The van der Waals surface area contributed by atoms with Crippen LogP contribution in [-0.4, -0.2) is 59.4 Å². The number of nitrogens with two attached hydrogens (primary N) is 1. The van der Waals surface area contributed by atoms with Crippen molar-refractivity contribution < 1.29 is 35.2 Å². The monoisotopic (exact) mass is 648 g/mol. The third kappa shape index (κ3) is 5.66. The molecule has 0 saturated carbocycles. The number of halogens is 5. The van der Waals surface area contributed by atoms with Gasteiger partial charge in [-0.05, 0) is 49.8 Å². The molecule has 10 nitrogen and oxygen atoms in total. The summed E-state index contributed by atoms with van der Waals surface area (Å²) in [5.41, 5.74) is -5.57. The first-order valence-corrected chi connectivity index (χ1v) is 14.9. The van der Waals surface area contributed by atoms with Crippen LogP contribution in [0.3, 0.4) is 0 Å². The minimum atomic E-state index is -5.11. The Hall–Kier alpha value is -4.70. The Labute approximate surface area is 253 Å². The fraction of sp³-hybridized carbons (Fsp3) is 0.241. The first-order chi connectivity index (χ1) is 21.0. The van der Waals surface area contributed by atoms with Crippen molar-refractivity contribution in [3.63, 3.8) is 0 Å². The van der Waals surface area contributed by atoms with Crippen molar-refractivity contribution in [2.45, 2.75) is 31.0 Å². The molecule has 0 radical (unpaired) electrons. The van der Waals surface area contributed by atoms with Gasteiger partial charge in [0.25, 0.3) is 0 Å². The number of carbonyl (C=O) groups excluding carboxylic acids is 1. The average Bonchev–Trinajstić information content (AvgIpc) is 2.96. The zero-order valence-corrected chi connectivity index (χ0v) is 24.6. The maximum Gasteiger partial charge on any atom is 0.417 e. The van der Waals surface area contributed by atoms with Crippen LogP contribution in [0.1, 0.15) is 18.1 Å². The molecule has 16 heteroatoms. The Morgan fingerprint density at radius 3 is 2.40 bits per heavy atom. The van der Waals surface area contributed by atoms with Crippen molar-refractivity contribution in [1.82, 2.24) is 19.4 Å². The van der Waals surface area contributed by atoms with E-state index < -0.39 is 66.9 Å². The summed E-state index contributed by atoms with van der Waals surface area (Å²) in [4.78, 5) is 36.8. The van der Waals surface area contributed by atoms with E-state index in [1.165, 1.54) is 24.0 Å². The zero-order valence-electron chi connectivity index (χ0n) is 23.8. The molecule has 1 fully saturated rings. The van der Waals surface area contributed by atoms with E-state index in [2.05, 4.69) is 16.5 Å². The van der Waals surface area contributed by atoms with E-state index in [4.69, 9.17) is 5.14 Å². The first kappa shape index (κ1) is 31.7. The van der Waals surface area contributed by atoms with E-state index in [-0.39, 0.29) is 48.0 Å². The molecule has 3 heterocycles. The van der Waals surface area contributed by atoms with Crippen LogP contribution in [-0.2, 0) is 21.0 Å². The second kappa shape index (κ2) is 11.3. The van der Waals surface area contributed by atoms with Crippen molar-refractivity contribution in [2.24, 2.45) is 5.14 Å². The van der Waals surface area contributed by atoms with Gasteiger partial charge in [-0.3, -0.25) is 4.79 Å². The Morgan fingerprint density at radius 2 is 1.78 bits per heavy atom. The minimum absolute atomic E-state index is 0.105. The van der Waals surface area contributed by atoms with Crippen molar-refractivity contribution in [3.8, 4) is 16.9 Å².